The van der Waals surface area contributed by atoms with E-state index >= 15 is 0 Å². The Balaban J connectivity index is 0.000000151. The van der Waals surface area contributed by atoms with Gasteiger partial charge in [0.2, 0.25) is 0 Å². The van der Waals surface area contributed by atoms with Crippen molar-refractivity contribution < 1.29 is 122 Å². The topological polar surface area (TPSA) is 438 Å². The fraction of sp³-hybridized carbons (Fsp3) is 0.548. The Bertz CT molecular complexity index is 5960. The van der Waals surface area contributed by atoms with Crippen molar-refractivity contribution in [3.05, 3.63) is 97.4 Å². The van der Waals surface area contributed by atoms with Crippen LogP contribution < -0.4 is 20.6 Å². The average Bonchev–Trinajstić information content (AvgIpc) is 1.52. The molecule has 8 aromatic rings. The van der Waals surface area contributed by atoms with Gasteiger partial charge in [-0.05, 0) is 136 Å². The number of imide groups is 2. The number of likely N-dealkylation sites (N-methyl/N-ethyl adjacent to an activating group) is 3. The van der Waals surface area contributed by atoms with Gasteiger partial charge in [-0.25, -0.2) is 4.79 Å². The van der Waals surface area contributed by atoms with Gasteiger partial charge >= 0.3 is 51.8 Å². The van der Waals surface area contributed by atoms with Gasteiger partial charge in [0.1, 0.15) is 24.5 Å². The van der Waals surface area contributed by atoms with E-state index in [0.717, 1.165) is 67.9 Å². The number of amides is 4. The first-order valence-corrected chi connectivity index (χ1v) is 46.2. The largest absolute Gasteiger partial charge is 0.497 e. The second kappa shape index (κ2) is 37.9. The van der Waals surface area contributed by atoms with Crippen molar-refractivity contribution >= 4 is 183 Å². The van der Waals surface area contributed by atoms with Gasteiger partial charge in [0.25, 0.3) is 44.7 Å². The number of aliphatic carboxylic acids is 1. The number of rotatable bonds is 13. The van der Waals surface area contributed by atoms with Gasteiger partial charge in [0, 0.05) is 190 Å². The Kier molecular flexibility index (Phi) is 29.7. The molecule has 6 aliphatic heterocycles. The van der Waals surface area contributed by atoms with Gasteiger partial charge in [-0.3, -0.25) is 62.0 Å². The van der Waals surface area contributed by atoms with Gasteiger partial charge in [0.05, 0.1) is 27.8 Å². The number of aryl methyl sites for hydroxylation is 3. The maximum Gasteiger partial charge on any atom is 0.497 e. The number of fused-ring (bicyclic) bond motifs is 9. The number of nitrogens with two attached hydrogens (primary N) is 1. The van der Waals surface area contributed by atoms with Crippen LogP contribution in [-0.4, -0.2) is 276 Å². The summed E-state index contributed by atoms with van der Waals surface area (Å²) in [6.45, 7) is 13.2. The van der Waals surface area contributed by atoms with Crippen molar-refractivity contribution in [3.8, 4) is 0 Å². The standard InChI is InChI=1S/C19H30BN5O4S.C14H10F5N3O4.C13H18BrN5O2S.C10H7F5N2O2.C8H8BrN3.C5H11ClN2O2S.C4H5NO3.ClH/c1-18(2)19(3,4)29-20(28-18)15-9-7-8-14-16(15)24(6)21-17(14)22-30(26,27)25-12-10-23(5)11-13-25;15-13(16)6-3-5(6)10-11(14(17,18)19)20-21(12(10)13)4-9(25)26-22-7(23)1-2-8(22)24;1-17-6-8-19(9-7-17)22(20,21)16-13-10-4-3-5-11(14)12(10)18(2)15-13;11-9(12)4-1-3(4)6-7(10(13,14)15)16-17(8(6)9)2-5(18)19;1-12-7-5(8(10)11-12)3-2-4-6(7)9;1-7-2-4-8(5-3-7)11(6,9)10;6-3-1-2-4(7)5(3)8;/h7-9H,10-13H2,1-6H3,(H,21,22);5-6H,1-4H2;3-5H,6-9H2,1-2H3,(H,15,16);3-4H,1-2H2,(H,18,19);2-4H,1H3,(H2,10,11);2-5H2,1H3;8H,1-2H2;1H/t;5-,6+;;3-,4+;;;;/m.0.0..../s1. The van der Waals surface area contributed by atoms with Crippen molar-refractivity contribution in [3.63, 3.8) is 0 Å². The normalized spacial score (nSPS) is 21.9. The van der Waals surface area contributed by atoms with Gasteiger partial charge in [0.15, 0.2) is 28.8 Å². The van der Waals surface area contributed by atoms with Crippen molar-refractivity contribution in [2.45, 2.75) is 127 Å². The Morgan fingerprint density at radius 1 is 0.550 bits per heavy atom. The zero-order valence-electron chi connectivity index (χ0n) is 70.4. The van der Waals surface area contributed by atoms with Crippen molar-refractivity contribution in [2.75, 3.05) is 115 Å². The molecule has 56 heteroatoms. The highest BCUT2D eigenvalue weighted by Crippen LogP contribution is 2.70. The molecule has 3 aromatic carbocycles. The second-order valence-electron chi connectivity index (χ2n) is 32.5. The van der Waals surface area contributed by atoms with Crippen LogP contribution in [0.3, 0.4) is 0 Å². The number of halogens is 14. The number of hydroxylamine groups is 4. The summed E-state index contributed by atoms with van der Waals surface area (Å²) in [7, 11) is 5.23. The molecule has 6 N–H and O–H groups in total. The SMILES string of the molecule is CN1CCN(S(=O)(=O)Cl)CC1.CN1CCN(S(=O)(=O)Nc2nn(C)c3c(B4OC(C)(C)C(C)(C)O4)cccc23)CC1.CN1CCN(S(=O)(=O)Nc2nn(C)c3c(Br)cccc23)CC1.Cl.Cn1nc(N)c2cccc(Br)c21.O=C(Cn1nc(C(F)(F)F)c2c1C(F)(F)[C@@H]1C[C@H]21)ON1C(=O)CCC1=O.O=C(O)Cn1nc(C(F)(F)F)c2c1C(F)(F)[C@@H]1C[C@H]21.O=C1CCC(=O)N1O. The lowest BCUT2D eigenvalue weighted by Crippen LogP contribution is -2.48. The predicted molar refractivity (Wildman–Crippen MR) is 454 cm³/mol. The number of carbonyl (C=O) groups is 6. The zero-order chi connectivity index (χ0) is 94.3. The van der Waals surface area contributed by atoms with Crippen LogP contribution in [-0.2, 0) is 131 Å². The molecule has 5 aromatic heterocycles. The summed E-state index contributed by atoms with van der Waals surface area (Å²) in [5, 5.41) is 38.9. The Morgan fingerprint density at radius 2 is 0.907 bits per heavy atom. The number of carboxylic acids is 1. The van der Waals surface area contributed by atoms with Crippen LogP contribution in [0.15, 0.2) is 63.5 Å². The third-order valence-corrected chi connectivity index (χ3v) is 28.9. The number of para-hydroxylation sites is 3. The van der Waals surface area contributed by atoms with E-state index in [2.05, 4.69) is 86.3 Å². The second-order valence-corrected chi connectivity index (χ2v) is 40.1. The van der Waals surface area contributed by atoms with Crippen LogP contribution in [0.25, 0.3) is 32.7 Å². The van der Waals surface area contributed by atoms with Crippen molar-refractivity contribution in [1.29, 1.82) is 0 Å². The highest BCUT2D eigenvalue weighted by Gasteiger charge is 2.70. The minimum Gasteiger partial charge on any atom is -0.480 e. The van der Waals surface area contributed by atoms with Crippen LogP contribution >= 0.6 is 54.9 Å². The average molecular weight is 2060 g/mol. The number of hydrogen-bond acceptors (Lipinski definition) is 25. The number of carboxylic acid groups (broad SMARTS) is 1. The number of nitrogens with one attached hydrogen (secondary N) is 2. The molecule has 129 heavy (non-hydrogen) atoms. The monoisotopic (exact) mass is 2060 g/mol. The predicted octanol–water partition coefficient (Wildman–Crippen LogP) is 7.51. The molecule has 2 saturated carbocycles. The summed E-state index contributed by atoms with van der Waals surface area (Å²) < 4.78 is 236. The minimum absolute atomic E-state index is 0. The summed E-state index contributed by atoms with van der Waals surface area (Å²) >= 11 is 6.91. The van der Waals surface area contributed by atoms with E-state index in [-0.39, 0.29) is 70.4 Å². The van der Waals surface area contributed by atoms with Crippen molar-refractivity contribution in [2.24, 2.45) is 33.0 Å². The molecule has 18 rings (SSSR count). The summed E-state index contributed by atoms with van der Waals surface area (Å²) in [5.74, 6) is -15.4. The number of benzene rings is 3. The lowest BCUT2D eigenvalue weighted by atomic mass is 9.78. The fourth-order valence-corrected chi connectivity index (χ4v) is 20.1. The lowest BCUT2D eigenvalue weighted by Gasteiger charge is -2.32. The van der Waals surface area contributed by atoms with Gasteiger partial charge in [-0.15, -0.1) is 17.5 Å². The molecule has 0 spiro atoms. The van der Waals surface area contributed by atoms with E-state index in [0.29, 0.717) is 75.2 Å². The number of alkyl halides is 10. The molecule has 0 unspecified atom stereocenters. The number of nitrogens with zero attached hydrogens (tertiary/aromatic N) is 18. The van der Waals surface area contributed by atoms with Crippen LogP contribution in [0.5, 0.6) is 0 Å². The molecule has 10 aliphatic rings. The highest BCUT2D eigenvalue weighted by molar-refractivity contribution is 9.11. The molecule has 4 amide bonds. The van der Waals surface area contributed by atoms with Crippen molar-refractivity contribution in [1.82, 2.24) is 86.6 Å². The summed E-state index contributed by atoms with van der Waals surface area (Å²) in [6.07, 6.45) is -9.95. The van der Waals surface area contributed by atoms with Gasteiger partial charge in [-0.1, -0.05) is 24.3 Å². The number of aromatic nitrogens is 10. The van der Waals surface area contributed by atoms with E-state index in [1.54, 1.807) is 28.1 Å². The first kappa shape index (κ1) is 101. The van der Waals surface area contributed by atoms with Crippen LogP contribution in [0.2, 0.25) is 0 Å². The number of piperazine rings is 3. The summed E-state index contributed by atoms with van der Waals surface area (Å²) in [6, 6.07) is 17.2. The Hall–Kier alpha value is -8.50. The zero-order valence-corrected chi connectivity index (χ0v) is 77.6. The van der Waals surface area contributed by atoms with Crippen LogP contribution in [0.4, 0.5) is 61.4 Å². The first-order chi connectivity index (χ1) is 59.4. The van der Waals surface area contributed by atoms with E-state index in [9.17, 15) is 97.9 Å². The number of carbonyl (C=O) groups excluding carboxylic acids is 5. The molecule has 4 atom stereocenters. The molecule has 6 saturated heterocycles. The van der Waals surface area contributed by atoms with E-state index < -0.39 is 178 Å². The molecule has 11 heterocycles. The first-order valence-electron chi connectivity index (χ1n) is 39.4. The third-order valence-electron chi connectivity index (χ3n) is 23.1. The molecule has 8 fully saturated rings. The summed E-state index contributed by atoms with van der Waals surface area (Å²) in [4.78, 5) is 76.5. The van der Waals surface area contributed by atoms with E-state index in [1.807, 2.05) is 110 Å². The smallest absolute Gasteiger partial charge is 0.480 e. The summed E-state index contributed by atoms with van der Waals surface area (Å²) in [5.41, 5.74) is 2.48. The number of nitrogen functional groups attached to an aromatic ring is 1. The molecule has 0 radical (unpaired) electrons. The molecule has 4 aliphatic carbocycles. The maximum atomic E-state index is 14.3. The molecule has 38 nitrogen and oxygen atoms in total. The fourth-order valence-electron chi connectivity index (χ4n) is 15.5. The van der Waals surface area contributed by atoms with Gasteiger partial charge < -0.3 is 39.7 Å². The third kappa shape index (κ3) is 21.6. The van der Waals surface area contributed by atoms with Gasteiger partial charge in [-0.2, -0.15) is 113 Å². The van der Waals surface area contributed by atoms with Crippen LogP contribution in [0, 0.1) is 11.8 Å². The van der Waals surface area contributed by atoms with E-state index in [1.165, 1.54) is 12.9 Å². The lowest BCUT2D eigenvalue weighted by molar-refractivity contribution is -0.198. The maximum absolute atomic E-state index is 14.3. The Morgan fingerprint density at radius 3 is 1.29 bits per heavy atom. The number of anilines is 3. The molecular formula is C73H90BBr2Cl2F10N21O17S3. The van der Waals surface area contributed by atoms with E-state index in [4.69, 9.17) is 36.0 Å². The molecular weight excluding hydrogens is 1970 g/mol. The quantitative estimate of drug-likeness (QED) is 0.0245. The minimum atomic E-state index is -4.95. The van der Waals surface area contributed by atoms with Crippen LogP contribution in [0.1, 0.15) is 112 Å². The Labute approximate surface area is 759 Å². The molecule has 708 valence electrons. The molecule has 0 bridgehead atoms. The number of hydrogen-bond donors (Lipinski definition) is 5. The highest BCUT2D eigenvalue weighted by atomic mass is 79.9.